The zero-order chi connectivity index (χ0) is 22.4. The van der Waals surface area contributed by atoms with Gasteiger partial charge in [0.25, 0.3) is 0 Å². The molecule has 0 saturated carbocycles. The van der Waals surface area contributed by atoms with E-state index in [2.05, 4.69) is 4.99 Å². The summed E-state index contributed by atoms with van der Waals surface area (Å²) in [5.41, 5.74) is 1.32. The molecule has 0 spiro atoms. The van der Waals surface area contributed by atoms with Gasteiger partial charge in [0.1, 0.15) is 22.1 Å². The second kappa shape index (κ2) is 10.1. The molecule has 1 aliphatic rings. The number of aliphatic imine (C=N–C) groups is 1. The minimum absolute atomic E-state index is 0.0291. The summed E-state index contributed by atoms with van der Waals surface area (Å²) >= 11 is 1.17. The SMILES string of the molecule is CCOC(=O)C1=C(O)C(=Cc2cc(OC)c(OC)cc2OC)SC1=Nc1ccccc1. The van der Waals surface area contributed by atoms with Crippen LogP contribution in [-0.4, -0.2) is 44.1 Å². The zero-order valence-corrected chi connectivity index (χ0v) is 18.5. The maximum Gasteiger partial charge on any atom is 0.344 e. The lowest BCUT2D eigenvalue weighted by Gasteiger charge is -2.12. The summed E-state index contributed by atoms with van der Waals surface area (Å²) in [6.07, 6.45) is 1.70. The van der Waals surface area contributed by atoms with Gasteiger partial charge in [-0.25, -0.2) is 9.79 Å². The number of hydrogen-bond acceptors (Lipinski definition) is 8. The monoisotopic (exact) mass is 441 g/mol. The first-order valence-corrected chi connectivity index (χ1v) is 10.3. The molecule has 0 aliphatic carbocycles. The second-order valence-electron chi connectivity index (χ2n) is 6.26. The Bertz CT molecular complexity index is 1060. The number of ether oxygens (including phenoxy) is 4. The molecule has 0 radical (unpaired) electrons. The number of para-hydroxylation sites is 1. The molecule has 1 N–H and O–H groups in total. The fourth-order valence-corrected chi connectivity index (χ4v) is 3.94. The third kappa shape index (κ3) is 4.86. The highest BCUT2D eigenvalue weighted by Crippen LogP contribution is 2.42. The number of nitrogens with zero attached hydrogens (tertiary/aromatic N) is 1. The van der Waals surface area contributed by atoms with E-state index in [0.29, 0.717) is 38.4 Å². The van der Waals surface area contributed by atoms with Gasteiger partial charge in [-0.05, 0) is 31.2 Å². The third-order valence-electron chi connectivity index (χ3n) is 4.38. The normalized spacial score (nSPS) is 16.0. The van der Waals surface area contributed by atoms with Crippen molar-refractivity contribution >= 4 is 34.5 Å². The summed E-state index contributed by atoms with van der Waals surface area (Å²) in [6.45, 7) is 1.89. The summed E-state index contributed by atoms with van der Waals surface area (Å²) in [6, 6.07) is 12.6. The van der Waals surface area contributed by atoms with Crippen molar-refractivity contribution in [1.29, 1.82) is 0 Å². The highest BCUT2D eigenvalue weighted by molar-refractivity contribution is 8.18. The molecule has 0 amide bonds. The Labute approximate surface area is 185 Å². The molecule has 0 fully saturated rings. The molecule has 0 saturated heterocycles. The molecule has 162 valence electrons. The van der Waals surface area contributed by atoms with Crippen LogP contribution in [0.4, 0.5) is 5.69 Å². The van der Waals surface area contributed by atoms with Gasteiger partial charge < -0.3 is 24.1 Å². The van der Waals surface area contributed by atoms with Gasteiger partial charge in [0.15, 0.2) is 11.5 Å². The van der Waals surface area contributed by atoms with Crippen molar-refractivity contribution in [3.63, 3.8) is 0 Å². The van der Waals surface area contributed by atoms with Crippen LogP contribution < -0.4 is 14.2 Å². The van der Waals surface area contributed by atoms with Gasteiger partial charge in [-0.2, -0.15) is 0 Å². The van der Waals surface area contributed by atoms with E-state index >= 15 is 0 Å². The Kier molecular flexibility index (Phi) is 7.25. The van der Waals surface area contributed by atoms with Crippen molar-refractivity contribution in [2.75, 3.05) is 27.9 Å². The van der Waals surface area contributed by atoms with E-state index < -0.39 is 5.97 Å². The number of methoxy groups -OCH3 is 3. The number of carbonyl (C=O) groups excluding carboxylic acids is 1. The molecule has 0 bridgehead atoms. The maximum atomic E-state index is 12.5. The highest BCUT2D eigenvalue weighted by atomic mass is 32.2. The molecule has 7 nitrogen and oxygen atoms in total. The van der Waals surface area contributed by atoms with Gasteiger partial charge in [0.05, 0.1) is 38.5 Å². The van der Waals surface area contributed by atoms with E-state index in [0.717, 1.165) is 0 Å². The molecule has 8 heteroatoms. The number of hydrogen-bond donors (Lipinski definition) is 1. The highest BCUT2D eigenvalue weighted by Gasteiger charge is 2.33. The van der Waals surface area contributed by atoms with Gasteiger partial charge in [-0.15, -0.1) is 0 Å². The molecular formula is C23H23NO6S. The molecule has 1 heterocycles. The van der Waals surface area contributed by atoms with Crippen LogP contribution in [0.3, 0.4) is 0 Å². The molecule has 3 rings (SSSR count). The van der Waals surface area contributed by atoms with Crippen LogP contribution >= 0.6 is 11.8 Å². The van der Waals surface area contributed by atoms with Crippen LogP contribution in [0.25, 0.3) is 6.08 Å². The average molecular weight is 442 g/mol. The van der Waals surface area contributed by atoms with Crippen molar-refractivity contribution in [3.05, 3.63) is 64.3 Å². The van der Waals surface area contributed by atoms with E-state index in [9.17, 15) is 9.90 Å². The number of benzene rings is 2. The molecular weight excluding hydrogens is 418 g/mol. The van der Waals surface area contributed by atoms with E-state index in [4.69, 9.17) is 18.9 Å². The first kappa shape index (κ1) is 22.3. The van der Waals surface area contributed by atoms with Crippen molar-refractivity contribution in [1.82, 2.24) is 0 Å². The molecule has 2 aromatic carbocycles. The van der Waals surface area contributed by atoms with Crippen LogP contribution in [0.2, 0.25) is 0 Å². The van der Waals surface area contributed by atoms with Crippen LogP contribution in [0.15, 0.2) is 63.7 Å². The van der Waals surface area contributed by atoms with Gasteiger partial charge in [0.2, 0.25) is 0 Å². The number of rotatable bonds is 7. The number of thioether (sulfide) groups is 1. The standard InChI is InChI=1S/C23H23NO6S/c1-5-30-23(26)20-21(25)19(31-22(20)24-15-9-7-6-8-10-15)12-14-11-17(28-3)18(29-4)13-16(14)27-2/h6-13,25H,5H2,1-4H3. The number of carbonyl (C=O) groups is 1. The van der Waals surface area contributed by atoms with Gasteiger partial charge in [-0.3, -0.25) is 0 Å². The smallest absolute Gasteiger partial charge is 0.344 e. The topological polar surface area (TPSA) is 86.6 Å². The summed E-state index contributed by atoms with van der Waals surface area (Å²) in [5.74, 6) is 0.703. The van der Waals surface area contributed by atoms with Crippen LogP contribution in [0.1, 0.15) is 12.5 Å². The Hall–Kier alpha value is -3.39. The van der Waals surface area contributed by atoms with Gasteiger partial charge in [-0.1, -0.05) is 30.0 Å². The minimum atomic E-state index is -0.634. The lowest BCUT2D eigenvalue weighted by Crippen LogP contribution is -2.12. The minimum Gasteiger partial charge on any atom is -0.506 e. The van der Waals surface area contributed by atoms with E-state index in [1.54, 1.807) is 25.1 Å². The summed E-state index contributed by atoms with van der Waals surface area (Å²) in [5, 5.41) is 11.2. The largest absolute Gasteiger partial charge is 0.506 e. The number of esters is 1. The Morgan fingerprint density at radius 1 is 1.03 bits per heavy atom. The Morgan fingerprint density at radius 3 is 2.29 bits per heavy atom. The first-order valence-electron chi connectivity index (χ1n) is 9.46. The summed E-state index contributed by atoms with van der Waals surface area (Å²) < 4.78 is 21.3. The number of aliphatic hydroxyl groups excluding tert-OH is 1. The Balaban J connectivity index is 2.10. The quantitative estimate of drug-likeness (QED) is 0.611. The molecule has 0 unspecified atom stereocenters. The van der Waals surface area contributed by atoms with Crippen molar-refractivity contribution < 1.29 is 28.8 Å². The van der Waals surface area contributed by atoms with Gasteiger partial charge in [0, 0.05) is 11.6 Å². The van der Waals surface area contributed by atoms with Crippen LogP contribution in [0.5, 0.6) is 17.2 Å². The Morgan fingerprint density at radius 2 is 1.68 bits per heavy atom. The van der Waals surface area contributed by atoms with E-state index in [1.807, 2.05) is 30.3 Å². The molecule has 2 aromatic rings. The van der Waals surface area contributed by atoms with Crippen LogP contribution in [0, 0.1) is 0 Å². The second-order valence-corrected chi connectivity index (χ2v) is 7.29. The predicted octanol–water partition coefficient (Wildman–Crippen LogP) is 4.91. The predicted molar refractivity (Wildman–Crippen MR) is 121 cm³/mol. The first-order chi connectivity index (χ1) is 15.0. The zero-order valence-electron chi connectivity index (χ0n) is 17.7. The fourth-order valence-electron chi connectivity index (χ4n) is 2.92. The lowest BCUT2D eigenvalue weighted by molar-refractivity contribution is -0.138. The van der Waals surface area contributed by atoms with Crippen LogP contribution in [-0.2, 0) is 9.53 Å². The van der Waals surface area contributed by atoms with E-state index in [-0.39, 0.29) is 17.9 Å². The summed E-state index contributed by atoms with van der Waals surface area (Å²) in [4.78, 5) is 17.5. The molecule has 31 heavy (non-hydrogen) atoms. The summed E-state index contributed by atoms with van der Waals surface area (Å²) in [7, 11) is 4.61. The molecule has 0 aromatic heterocycles. The average Bonchev–Trinajstić information content (AvgIpc) is 3.08. The lowest BCUT2D eigenvalue weighted by atomic mass is 10.1. The van der Waals surface area contributed by atoms with Crippen molar-refractivity contribution in [3.8, 4) is 17.2 Å². The molecule has 1 aliphatic heterocycles. The van der Waals surface area contributed by atoms with Gasteiger partial charge >= 0.3 is 5.97 Å². The van der Waals surface area contributed by atoms with E-state index in [1.165, 1.54) is 33.1 Å². The fraction of sp³-hybridized carbons (Fsp3) is 0.217. The third-order valence-corrected chi connectivity index (χ3v) is 5.40. The van der Waals surface area contributed by atoms with Crippen molar-refractivity contribution in [2.45, 2.75) is 6.92 Å². The maximum absolute atomic E-state index is 12.5. The van der Waals surface area contributed by atoms with Crippen molar-refractivity contribution in [2.24, 2.45) is 4.99 Å². The molecule has 0 atom stereocenters. The number of aliphatic hydroxyl groups is 1.